The third-order valence-electron chi connectivity index (χ3n) is 2.50. The molecular formula is C13H13BrClNS. The molecule has 0 amide bonds. The Morgan fingerprint density at radius 3 is 2.88 bits per heavy atom. The highest BCUT2D eigenvalue weighted by Crippen LogP contribution is 2.21. The van der Waals surface area contributed by atoms with Gasteiger partial charge in [0.05, 0.1) is 0 Å². The zero-order chi connectivity index (χ0) is 12.1. The van der Waals surface area contributed by atoms with Crippen LogP contribution in [0.3, 0.4) is 0 Å². The normalized spacial score (nSPS) is 10.7. The molecule has 0 fully saturated rings. The predicted octanol–water partition coefficient (Wildman–Crippen LogP) is 4.50. The number of halogens is 2. The van der Waals surface area contributed by atoms with E-state index in [4.69, 9.17) is 11.6 Å². The van der Waals surface area contributed by atoms with E-state index in [0.717, 1.165) is 29.0 Å². The van der Waals surface area contributed by atoms with Crippen molar-refractivity contribution in [3.05, 3.63) is 55.6 Å². The lowest BCUT2D eigenvalue weighted by atomic mass is 10.2. The van der Waals surface area contributed by atoms with E-state index in [9.17, 15) is 0 Å². The first-order valence-corrected chi connectivity index (χ1v) is 7.53. The Labute approximate surface area is 119 Å². The zero-order valence-electron chi connectivity index (χ0n) is 9.25. The van der Waals surface area contributed by atoms with Gasteiger partial charge in [-0.05, 0) is 53.1 Å². The average Bonchev–Trinajstić information content (AvgIpc) is 2.79. The molecule has 1 aromatic heterocycles. The maximum Gasteiger partial charge on any atom is 0.0417 e. The van der Waals surface area contributed by atoms with Crippen molar-refractivity contribution in [3.63, 3.8) is 0 Å². The monoisotopic (exact) mass is 329 g/mol. The molecule has 0 saturated heterocycles. The highest BCUT2D eigenvalue weighted by molar-refractivity contribution is 9.10. The second kappa shape index (κ2) is 6.55. The molecule has 1 heterocycles. The van der Waals surface area contributed by atoms with Gasteiger partial charge in [0.15, 0.2) is 0 Å². The molecular weight excluding hydrogens is 318 g/mol. The molecule has 2 rings (SSSR count). The van der Waals surface area contributed by atoms with Gasteiger partial charge in [-0.1, -0.05) is 33.6 Å². The van der Waals surface area contributed by atoms with Crippen molar-refractivity contribution < 1.29 is 0 Å². The van der Waals surface area contributed by atoms with Crippen LogP contribution in [-0.2, 0) is 13.0 Å². The highest BCUT2D eigenvalue weighted by Gasteiger charge is 2.00. The fourth-order valence-electron chi connectivity index (χ4n) is 1.56. The van der Waals surface area contributed by atoms with Crippen molar-refractivity contribution in [3.8, 4) is 0 Å². The molecule has 4 heteroatoms. The average molecular weight is 331 g/mol. The Balaban J connectivity index is 1.78. The number of thiophene rings is 1. The summed E-state index contributed by atoms with van der Waals surface area (Å²) in [5, 5.41) is 8.51. The molecule has 0 atom stereocenters. The summed E-state index contributed by atoms with van der Waals surface area (Å²) in [6.07, 6.45) is 1.08. The van der Waals surface area contributed by atoms with E-state index in [1.807, 2.05) is 18.2 Å². The van der Waals surface area contributed by atoms with Gasteiger partial charge in [-0.3, -0.25) is 0 Å². The first-order chi connectivity index (χ1) is 8.25. The quantitative estimate of drug-likeness (QED) is 0.796. The maximum absolute atomic E-state index is 5.90. The summed E-state index contributed by atoms with van der Waals surface area (Å²) in [4.78, 5) is 0. The molecule has 0 unspecified atom stereocenters. The number of nitrogens with one attached hydrogen (secondary N) is 1. The lowest BCUT2D eigenvalue weighted by Gasteiger charge is -2.06. The van der Waals surface area contributed by atoms with Crippen molar-refractivity contribution in [2.75, 3.05) is 6.54 Å². The van der Waals surface area contributed by atoms with Crippen LogP contribution in [0.5, 0.6) is 0 Å². The minimum absolute atomic E-state index is 0.763. The van der Waals surface area contributed by atoms with Crippen LogP contribution in [-0.4, -0.2) is 6.54 Å². The Kier molecular flexibility index (Phi) is 5.04. The van der Waals surface area contributed by atoms with Crippen molar-refractivity contribution in [2.24, 2.45) is 0 Å². The van der Waals surface area contributed by atoms with E-state index < -0.39 is 0 Å². The standard InChI is InChI=1S/C13H13BrClNS/c14-13-7-12(15)2-1-11(13)8-16-5-3-10-4-6-17-9-10/h1-2,4,6-7,9,16H,3,5,8H2. The molecule has 0 aliphatic carbocycles. The molecule has 0 bridgehead atoms. The van der Waals surface area contributed by atoms with Crippen molar-refractivity contribution >= 4 is 38.9 Å². The molecule has 0 spiro atoms. The van der Waals surface area contributed by atoms with Crippen LogP contribution in [0.2, 0.25) is 5.02 Å². The van der Waals surface area contributed by atoms with Gasteiger partial charge >= 0.3 is 0 Å². The van der Waals surface area contributed by atoms with Crippen LogP contribution in [0.15, 0.2) is 39.5 Å². The summed E-state index contributed by atoms with van der Waals surface area (Å²) < 4.78 is 1.06. The van der Waals surface area contributed by atoms with Gasteiger partial charge in [-0.15, -0.1) is 0 Å². The summed E-state index contributed by atoms with van der Waals surface area (Å²) >= 11 is 11.2. The van der Waals surface area contributed by atoms with E-state index in [2.05, 4.69) is 38.1 Å². The molecule has 0 aliphatic heterocycles. The Hall–Kier alpha value is -0.350. The number of benzene rings is 1. The smallest absolute Gasteiger partial charge is 0.0417 e. The van der Waals surface area contributed by atoms with Gasteiger partial charge < -0.3 is 5.32 Å². The van der Waals surface area contributed by atoms with Crippen LogP contribution < -0.4 is 5.32 Å². The third kappa shape index (κ3) is 4.11. The lowest BCUT2D eigenvalue weighted by molar-refractivity contribution is 0.686. The van der Waals surface area contributed by atoms with Crippen LogP contribution in [0.25, 0.3) is 0 Å². The lowest BCUT2D eigenvalue weighted by Crippen LogP contribution is -2.16. The van der Waals surface area contributed by atoms with Gasteiger partial charge in [0.25, 0.3) is 0 Å². The largest absolute Gasteiger partial charge is 0.312 e. The van der Waals surface area contributed by atoms with Crippen molar-refractivity contribution in [1.82, 2.24) is 5.32 Å². The maximum atomic E-state index is 5.90. The van der Waals surface area contributed by atoms with E-state index in [1.165, 1.54) is 11.1 Å². The minimum Gasteiger partial charge on any atom is -0.312 e. The van der Waals surface area contributed by atoms with Gasteiger partial charge in [-0.2, -0.15) is 11.3 Å². The third-order valence-corrected chi connectivity index (χ3v) is 4.21. The van der Waals surface area contributed by atoms with Crippen molar-refractivity contribution in [2.45, 2.75) is 13.0 Å². The molecule has 0 saturated carbocycles. The molecule has 2 aromatic rings. The van der Waals surface area contributed by atoms with Crippen LogP contribution in [0, 0.1) is 0 Å². The Bertz CT molecular complexity index is 470. The predicted molar refractivity (Wildman–Crippen MR) is 78.9 cm³/mol. The number of hydrogen-bond donors (Lipinski definition) is 1. The van der Waals surface area contributed by atoms with Gasteiger partial charge in [0.1, 0.15) is 0 Å². The molecule has 17 heavy (non-hydrogen) atoms. The van der Waals surface area contributed by atoms with E-state index >= 15 is 0 Å². The van der Waals surface area contributed by atoms with Crippen LogP contribution in [0.1, 0.15) is 11.1 Å². The van der Waals surface area contributed by atoms with E-state index in [-0.39, 0.29) is 0 Å². The van der Waals surface area contributed by atoms with Gasteiger partial charge in [0, 0.05) is 16.0 Å². The fourth-order valence-corrected chi connectivity index (χ4v) is 3.08. The summed E-state index contributed by atoms with van der Waals surface area (Å²) in [5.74, 6) is 0. The zero-order valence-corrected chi connectivity index (χ0v) is 12.4. The van der Waals surface area contributed by atoms with E-state index in [0.29, 0.717) is 0 Å². The van der Waals surface area contributed by atoms with Crippen molar-refractivity contribution in [1.29, 1.82) is 0 Å². The summed E-state index contributed by atoms with van der Waals surface area (Å²) in [7, 11) is 0. The summed E-state index contributed by atoms with van der Waals surface area (Å²) in [6, 6.07) is 8.06. The second-order valence-corrected chi connectivity index (χ2v) is 5.86. The molecule has 90 valence electrons. The first-order valence-electron chi connectivity index (χ1n) is 5.41. The Morgan fingerprint density at radius 2 is 2.18 bits per heavy atom. The topological polar surface area (TPSA) is 12.0 Å². The molecule has 1 aromatic carbocycles. The highest BCUT2D eigenvalue weighted by atomic mass is 79.9. The van der Waals surface area contributed by atoms with Crippen LogP contribution >= 0.6 is 38.9 Å². The SMILES string of the molecule is Clc1ccc(CNCCc2ccsc2)c(Br)c1. The second-order valence-electron chi connectivity index (χ2n) is 3.79. The minimum atomic E-state index is 0.763. The summed E-state index contributed by atoms with van der Waals surface area (Å²) in [6.45, 7) is 1.85. The molecule has 0 radical (unpaired) electrons. The summed E-state index contributed by atoms with van der Waals surface area (Å²) in [5.41, 5.74) is 2.64. The Morgan fingerprint density at radius 1 is 1.29 bits per heavy atom. The number of hydrogen-bond acceptors (Lipinski definition) is 2. The first kappa shape index (κ1) is 13.1. The molecule has 1 N–H and O–H groups in total. The van der Waals surface area contributed by atoms with Crippen LogP contribution in [0.4, 0.5) is 0 Å². The number of rotatable bonds is 5. The van der Waals surface area contributed by atoms with Gasteiger partial charge in [-0.25, -0.2) is 0 Å². The van der Waals surface area contributed by atoms with Gasteiger partial charge in [0.2, 0.25) is 0 Å². The molecule has 0 aliphatic rings. The van der Waals surface area contributed by atoms with E-state index in [1.54, 1.807) is 11.3 Å². The molecule has 1 nitrogen and oxygen atoms in total. The fraction of sp³-hybridized carbons (Fsp3) is 0.231.